The summed E-state index contributed by atoms with van der Waals surface area (Å²) in [5.74, 6) is -1.36. The first kappa shape index (κ1) is 20.8. The van der Waals surface area contributed by atoms with Gasteiger partial charge in [0.05, 0.1) is 11.3 Å². The molecule has 0 unspecified atom stereocenters. The van der Waals surface area contributed by atoms with Crippen molar-refractivity contribution in [2.24, 2.45) is 15.3 Å². The van der Waals surface area contributed by atoms with E-state index in [4.69, 9.17) is 0 Å². The van der Waals surface area contributed by atoms with Crippen LogP contribution >= 0.6 is 0 Å². The molecule has 0 radical (unpaired) electrons. The number of anilines is 1. The molecule has 0 aromatic heterocycles. The Morgan fingerprint density at radius 1 is 0.833 bits per heavy atom. The highest BCUT2D eigenvalue weighted by Gasteiger charge is 2.19. The fraction of sp³-hybridized carbons (Fsp3) is 0. The van der Waals surface area contributed by atoms with Crippen LogP contribution in [0.4, 0.5) is 11.4 Å². The number of benzene rings is 3. The van der Waals surface area contributed by atoms with E-state index in [9.17, 15) is 22.9 Å². The predicted molar refractivity (Wildman–Crippen MR) is 111 cm³/mol. The summed E-state index contributed by atoms with van der Waals surface area (Å²) in [6, 6.07) is 20.3. The first-order chi connectivity index (χ1) is 14.4. The molecule has 0 aliphatic carbocycles. The van der Waals surface area contributed by atoms with Gasteiger partial charge in [0.15, 0.2) is 0 Å². The molecule has 3 aromatic carbocycles. The van der Waals surface area contributed by atoms with Gasteiger partial charge in [-0.1, -0.05) is 42.5 Å². The summed E-state index contributed by atoms with van der Waals surface area (Å²) in [5, 5.41) is 21.3. The monoisotopic (exact) mass is 424 g/mol. The van der Waals surface area contributed by atoms with Gasteiger partial charge in [-0.2, -0.15) is 13.5 Å². The van der Waals surface area contributed by atoms with Crippen LogP contribution in [0.25, 0.3) is 0 Å². The van der Waals surface area contributed by atoms with Gasteiger partial charge in [0.2, 0.25) is 5.84 Å². The first-order valence-electron chi connectivity index (χ1n) is 8.56. The molecule has 3 rings (SSSR count). The summed E-state index contributed by atoms with van der Waals surface area (Å²) >= 11 is 0. The highest BCUT2D eigenvalue weighted by molar-refractivity contribution is 7.86. The molecule has 0 spiro atoms. The van der Waals surface area contributed by atoms with E-state index >= 15 is 0 Å². The van der Waals surface area contributed by atoms with Gasteiger partial charge in [-0.15, -0.1) is 10.2 Å². The van der Waals surface area contributed by atoms with Crippen molar-refractivity contribution in [3.05, 3.63) is 90.0 Å². The second-order valence-corrected chi connectivity index (χ2v) is 7.30. The summed E-state index contributed by atoms with van der Waals surface area (Å²) in [6.45, 7) is 0. The third kappa shape index (κ3) is 5.13. The van der Waals surface area contributed by atoms with Crippen molar-refractivity contribution in [3.63, 3.8) is 0 Å². The number of hydrazone groups is 1. The number of carboxylic acids is 1. The topological polar surface area (TPSA) is 141 Å². The van der Waals surface area contributed by atoms with E-state index in [1.165, 1.54) is 30.3 Å². The molecule has 0 atom stereocenters. The standard InChI is InChI=1S/C20H16N4O5S/c25-20(26)15-10-4-6-12-17(15)22-24-19(23-21-14-8-2-1-3-9-14)16-11-5-7-13-18(16)30(27,28)29/h1-13,21H,(H,25,26)(H,27,28,29). The lowest BCUT2D eigenvalue weighted by molar-refractivity contribution is 0.0697. The predicted octanol–water partition coefficient (Wildman–Crippen LogP) is 4.19. The van der Waals surface area contributed by atoms with Crippen LogP contribution < -0.4 is 5.43 Å². The van der Waals surface area contributed by atoms with E-state index in [0.717, 1.165) is 0 Å². The average Bonchev–Trinajstić information content (AvgIpc) is 2.74. The molecule has 3 N–H and O–H groups in total. The van der Waals surface area contributed by atoms with Crippen LogP contribution in [0.1, 0.15) is 15.9 Å². The molecule has 3 aromatic rings. The van der Waals surface area contributed by atoms with Gasteiger partial charge in [-0.25, -0.2) is 4.79 Å². The maximum Gasteiger partial charge on any atom is 0.337 e. The van der Waals surface area contributed by atoms with Crippen molar-refractivity contribution in [1.82, 2.24) is 0 Å². The fourth-order valence-corrected chi connectivity index (χ4v) is 3.17. The number of hydrogen-bond donors (Lipinski definition) is 3. The average molecular weight is 424 g/mol. The van der Waals surface area contributed by atoms with Crippen LogP contribution in [0, 0.1) is 0 Å². The maximum atomic E-state index is 11.8. The summed E-state index contributed by atoms with van der Waals surface area (Å²) < 4.78 is 33.1. The Kier molecular flexibility index (Phi) is 6.30. The zero-order valence-corrected chi connectivity index (χ0v) is 16.2. The zero-order valence-electron chi connectivity index (χ0n) is 15.4. The highest BCUT2D eigenvalue weighted by atomic mass is 32.2. The molecule has 0 heterocycles. The van der Waals surface area contributed by atoms with Crippen molar-refractivity contribution in [1.29, 1.82) is 0 Å². The molecule has 0 saturated heterocycles. The van der Waals surface area contributed by atoms with Crippen LogP contribution in [-0.2, 0) is 10.1 Å². The van der Waals surface area contributed by atoms with E-state index in [2.05, 4.69) is 20.8 Å². The van der Waals surface area contributed by atoms with E-state index in [-0.39, 0.29) is 22.6 Å². The van der Waals surface area contributed by atoms with Crippen molar-refractivity contribution in [2.75, 3.05) is 5.43 Å². The molecule has 0 saturated carbocycles. The normalized spacial score (nSPS) is 12.1. The largest absolute Gasteiger partial charge is 0.478 e. The third-order valence-corrected chi connectivity index (χ3v) is 4.77. The zero-order chi connectivity index (χ0) is 21.6. The molecule has 0 bridgehead atoms. The molecule has 0 aliphatic heterocycles. The quantitative estimate of drug-likeness (QED) is 0.178. The number of aromatic carboxylic acids is 1. The number of nitrogens with zero attached hydrogens (tertiary/aromatic N) is 3. The SMILES string of the molecule is O=C(O)c1ccccc1N=NC(=NNc1ccccc1)c1ccccc1S(=O)(=O)O. The van der Waals surface area contributed by atoms with Gasteiger partial charge in [-0.05, 0) is 36.4 Å². The second-order valence-electron chi connectivity index (χ2n) is 5.91. The lowest BCUT2D eigenvalue weighted by atomic mass is 10.2. The molecule has 30 heavy (non-hydrogen) atoms. The summed E-state index contributed by atoms with van der Waals surface area (Å²) in [5.41, 5.74) is 3.29. The molecule has 152 valence electrons. The molecule has 0 amide bonds. The number of carboxylic acid groups (broad SMARTS) is 1. The van der Waals surface area contributed by atoms with Crippen molar-refractivity contribution in [2.45, 2.75) is 4.90 Å². The Morgan fingerprint density at radius 2 is 1.43 bits per heavy atom. The van der Waals surface area contributed by atoms with E-state index in [1.54, 1.807) is 42.5 Å². The van der Waals surface area contributed by atoms with Gasteiger partial charge in [0, 0.05) is 5.56 Å². The Hall–Kier alpha value is -3.89. The Bertz CT molecular complexity index is 1220. The Morgan fingerprint density at radius 3 is 2.10 bits per heavy atom. The summed E-state index contributed by atoms with van der Waals surface area (Å²) in [7, 11) is -4.57. The number of amidine groups is 1. The number of para-hydroxylation sites is 1. The summed E-state index contributed by atoms with van der Waals surface area (Å²) in [6.07, 6.45) is 0. The highest BCUT2D eigenvalue weighted by Crippen LogP contribution is 2.22. The minimum Gasteiger partial charge on any atom is -0.478 e. The molecule has 0 aliphatic rings. The third-order valence-electron chi connectivity index (χ3n) is 3.86. The second kappa shape index (κ2) is 9.07. The van der Waals surface area contributed by atoms with E-state index in [1.807, 2.05) is 6.07 Å². The number of carbonyl (C=O) groups is 1. The van der Waals surface area contributed by atoms with Crippen molar-refractivity contribution < 1.29 is 22.9 Å². The smallest absolute Gasteiger partial charge is 0.337 e. The van der Waals surface area contributed by atoms with Crippen molar-refractivity contribution in [3.8, 4) is 0 Å². The van der Waals surface area contributed by atoms with Crippen molar-refractivity contribution >= 4 is 33.3 Å². The number of nitrogens with one attached hydrogen (secondary N) is 1. The van der Waals surface area contributed by atoms with Gasteiger partial charge in [0.25, 0.3) is 10.1 Å². The molecular formula is C20H16N4O5S. The molecular weight excluding hydrogens is 408 g/mol. The van der Waals surface area contributed by atoms with Crippen LogP contribution in [0.2, 0.25) is 0 Å². The maximum absolute atomic E-state index is 11.8. The van der Waals surface area contributed by atoms with Crippen LogP contribution in [0.5, 0.6) is 0 Å². The number of hydrogen-bond acceptors (Lipinski definition) is 6. The first-order valence-corrected chi connectivity index (χ1v) is 10.00. The molecule has 0 fully saturated rings. The fourth-order valence-electron chi connectivity index (χ4n) is 2.49. The van der Waals surface area contributed by atoms with Gasteiger partial charge < -0.3 is 5.11 Å². The molecule has 10 heteroatoms. The van der Waals surface area contributed by atoms with Crippen LogP contribution in [0.3, 0.4) is 0 Å². The molecule has 9 nitrogen and oxygen atoms in total. The minimum absolute atomic E-state index is 0.0139. The van der Waals surface area contributed by atoms with Crippen LogP contribution in [0.15, 0.2) is 99.1 Å². The lowest BCUT2D eigenvalue weighted by Crippen LogP contribution is -2.09. The van der Waals surface area contributed by atoms with Gasteiger partial charge in [0.1, 0.15) is 10.6 Å². The minimum atomic E-state index is -4.57. The summed E-state index contributed by atoms with van der Waals surface area (Å²) in [4.78, 5) is 11.0. The Balaban J connectivity index is 2.09. The lowest BCUT2D eigenvalue weighted by Gasteiger charge is -2.07. The number of azo groups is 1. The number of rotatable bonds is 6. The van der Waals surface area contributed by atoms with Gasteiger partial charge >= 0.3 is 5.97 Å². The Labute approximate surface area is 172 Å². The van der Waals surface area contributed by atoms with E-state index in [0.29, 0.717) is 5.69 Å². The van der Waals surface area contributed by atoms with Gasteiger partial charge in [-0.3, -0.25) is 9.98 Å². The van der Waals surface area contributed by atoms with E-state index < -0.39 is 21.0 Å². The van der Waals surface area contributed by atoms with Crippen LogP contribution in [-0.4, -0.2) is 29.9 Å².